The Morgan fingerprint density at radius 3 is 2.38 bits per heavy atom. The summed E-state index contributed by atoms with van der Waals surface area (Å²) in [5.41, 5.74) is 0.815. The van der Waals surface area contributed by atoms with Crippen molar-refractivity contribution in [2.24, 2.45) is 11.3 Å². The van der Waals surface area contributed by atoms with Crippen molar-refractivity contribution in [3.63, 3.8) is 0 Å². The molecule has 0 fully saturated rings. The molecule has 0 radical (unpaired) electrons. The lowest BCUT2D eigenvalue weighted by Gasteiger charge is -2.33. The maximum Gasteiger partial charge on any atom is 0.471 e. The minimum atomic E-state index is -5.01. The van der Waals surface area contributed by atoms with Crippen LogP contribution in [0, 0.1) is 11.3 Å². The highest BCUT2D eigenvalue weighted by atomic mass is 32.1. The van der Waals surface area contributed by atoms with Crippen molar-refractivity contribution in [2.75, 3.05) is 12.4 Å². The number of ether oxygens (including phenoxy) is 1. The zero-order valence-corrected chi connectivity index (χ0v) is 14.8. The second kappa shape index (κ2) is 6.38. The third-order valence-corrected chi connectivity index (χ3v) is 5.53. The number of esters is 1. The van der Waals surface area contributed by atoms with E-state index in [9.17, 15) is 22.8 Å². The van der Waals surface area contributed by atoms with Crippen LogP contribution >= 0.6 is 11.3 Å². The van der Waals surface area contributed by atoms with Crippen LogP contribution in [0.1, 0.15) is 48.0 Å². The topological polar surface area (TPSA) is 55.4 Å². The SMILES string of the molecule is COC(=O)c1c(NC(=O)C(F)(F)F)sc2c1CCC(C(C)(C)C)C2. The Morgan fingerprint density at radius 2 is 1.88 bits per heavy atom. The van der Waals surface area contributed by atoms with Crippen molar-refractivity contribution in [3.8, 4) is 0 Å². The van der Waals surface area contributed by atoms with Crippen LogP contribution in [-0.2, 0) is 22.4 Å². The number of methoxy groups -OCH3 is 1. The molecule has 24 heavy (non-hydrogen) atoms. The minimum Gasteiger partial charge on any atom is -0.465 e. The molecule has 1 aliphatic rings. The molecule has 1 aromatic heterocycles. The fourth-order valence-corrected chi connectivity index (χ4v) is 4.22. The Morgan fingerprint density at radius 1 is 1.25 bits per heavy atom. The van der Waals surface area contributed by atoms with Gasteiger partial charge in [0.25, 0.3) is 0 Å². The molecule has 0 saturated carbocycles. The molecular weight excluding hydrogens is 343 g/mol. The van der Waals surface area contributed by atoms with E-state index < -0.39 is 18.1 Å². The zero-order chi connectivity index (χ0) is 18.3. The molecule has 8 heteroatoms. The highest BCUT2D eigenvalue weighted by Crippen LogP contribution is 2.44. The van der Waals surface area contributed by atoms with Crippen LogP contribution in [-0.4, -0.2) is 25.2 Å². The number of anilines is 1. The quantitative estimate of drug-likeness (QED) is 0.802. The molecule has 1 heterocycles. The van der Waals surface area contributed by atoms with E-state index in [1.54, 1.807) is 0 Å². The highest BCUT2D eigenvalue weighted by molar-refractivity contribution is 7.17. The summed E-state index contributed by atoms with van der Waals surface area (Å²) in [6.07, 6.45) is -2.91. The third kappa shape index (κ3) is 3.74. The maximum absolute atomic E-state index is 12.5. The zero-order valence-electron chi connectivity index (χ0n) is 14.0. The van der Waals surface area contributed by atoms with E-state index in [-0.39, 0.29) is 16.0 Å². The van der Waals surface area contributed by atoms with Gasteiger partial charge < -0.3 is 10.1 Å². The van der Waals surface area contributed by atoms with Crippen LogP contribution in [0.2, 0.25) is 0 Å². The first-order chi connectivity index (χ1) is 10.9. The lowest BCUT2D eigenvalue weighted by atomic mass is 9.72. The molecule has 4 nitrogen and oxygen atoms in total. The smallest absolute Gasteiger partial charge is 0.465 e. The van der Waals surface area contributed by atoms with Crippen LogP contribution in [0.3, 0.4) is 0 Å². The van der Waals surface area contributed by atoms with Gasteiger partial charge in [-0.2, -0.15) is 13.2 Å². The Hall–Kier alpha value is -1.57. The predicted octanol–water partition coefficient (Wildman–Crippen LogP) is 4.19. The molecule has 2 rings (SSSR count). The number of halogens is 3. The Labute approximate surface area is 142 Å². The van der Waals surface area contributed by atoms with Crippen LogP contribution in [0.5, 0.6) is 0 Å². The van der Waals surface area contributed by atoms with E-state index >= 15 is 0 Å². The predicted molar refractivity (Wildman–Crippen MR) is 85.3 cm³/mol. The van der Waals surface area contributed by atoms with Crippen molar-refractivity contribution in [2.45, 2.75) is 46.2 Å². The number of hydrogen-bond acceptors (Lipinski definition) is 4. The Balaban J connectivity index is 2.41. The molecular formula is C16H20F3NO3S. The van der Waals surface area contributed by atoms with Crippen molar-refractivity contribution in [1.29, 1.82) is 0 Å². The number of carbonyl (C=O) groups is 2. The minimum absolute atomic E-state index is 0.0578. The summed E-state index contributed by atoms with van der Waals surface area (Å²) < 4.78 is 42.3. The lowest BCUT2D eigenvalue weighted by Crippen LogP contribution is -2.30. The van der Waals surface area contributed by atoms with E-state index in [4.69, 9.17) is 4.74 Å². The largest absolute Gasteiger partial charge is 0.471 e. The third-order valence-electron chi connectivity index (χ3n) is 4.36. The van der Waals surface area contributed by atoms with E-state index in [1.807, 2.05) is 5.32 Å². The van der Waals surface area contributed by atoms with Gasteiger partial charge in [-0.05, 0) is 36.2 Å². The van der Waals surface area contributed by atoms with Gasteiger partial charge in [-0.3, -0.25) is 4.79 Å². The fourth-order valence-electron chi connectivity index (χ4n) is 2.91. The first-order valence-electron chi connectivity index (χ1n) is 7.56. The van der Waals surface area contributed by atoms with Crippen molar-refractivity contribution < 1.29 is 27.5 Å². The van der Waals surface area contributed by atoms with Crippen LogP contribution in [0.15, 0.2) is 0 Å². The fraction of sp³-hybridized carbons (Fsp3) is 0.625. The van der Waals surface area contributed by atoms with E-state index in [0.29, 0.717) is 24.3 Å². The average molecular weight is 363 g/mol. The summed E-state index contributed by atoms with van der Waals surface area (Å²) >= 11 is 1.04. The van der Waals surface area contributed by atoms with Gasteiger partial charge in [0.2, 0.25) is 0 Å². The number of amides is 1. The normalized spacial score (nSPS) is 18.0. The second-order valence-electron chi connectivity index (χ2n) is 6.96. The van der Waals surface area contributed by atoms with Crippen LogP contribution in [0.4, 0.5) is 18.2 Å². The van der Waals surface area contributed by atoms with Crippen molar-refractivity contribution in [3.05, 3.63) is 16.0 Å². The second-order valence-corrected chi connectivity index (χ2v) is 8.06. The lowest BCUT2D eigenvalue weighted by molar-refractivity contribution is -0.167. The summed E-state index contributed by atoms with van der Waals surface area (Å²) in [5.74, 6) is -2.45. The van der Waals surface area contributed by atoms with Gasteiger partial charge in [0, 0.05) is 4.88 Å². The number of thiophene rings is 1. The molecule has 0 aromatic carbocycles. The molecule has 0 aliphatic heterocycles. The molecule has 1 aromatic rings. The number of rotatable bonds is 2. The summed E-state index contributed by atoms with van der Waals surface area (Å²) in [6, 6.07) is 0. The van der Waals surface area contributed by atoms with Gasteiger partial charge in [-0.25, -0.2) is 4.79 Å². The first-order valence-corrected chi connectivity index (χ1v) is 8.37. The maximum atomic E-state index is 12.5. The molecule has 1 atom stereocenters. The van der Waals surface area contributed by atoms with Gasteiger partial charge in [-0.1, -0.05) is 20.8 Å². The van der Waals surface area contributed by atoms with Gasteiger partial charge in [-0.15, -0.1) is 11.3 Å². The van der Waals surface area contributed by atoms with E-state index in [0.717, 1.165) is 22.6 Å². The summed E-state index contributed by atoms with van der Waals surface area (Å²) in [4.78, 5) is 24.1. The van der Waals surface area contributed by atoms with Gasteiger partial charge in [0.05, 0.1) is 12.7 Å². The standard InChI is InChI=1S/C16H20F3NO3S/c1-15(2,3)8-5-6-9-10(7-8)24-12(11(9)13(21)23-4)20-14(22)16(17,18)19/h8H,5-7H2,1-4H3,(H,20,22). The molecule has 1 amide bonds. The van der Waals surface area contributed by atoms with Crippen molar-refractivity contribution >= 4 is 28.2 Å². The number of carbonyl (C=O) groups excluding carboxylic acids is 2. The number of nitrogens with one attached hydrogen (secondary N) is 1. The monoisotopic (exact) mass is 363 g/mol. The van der Waals surface area contributed by atoms with Crippen LogP contribution in [0.25, 0.3) is 0 Å². The Kier molecular flexibility index (Phi) is 4.99. The summed E-state index contributed by atoms with van der Waals surface area (Å²) in [7, 11) is 1.17. The van der Waals surface area contributed by atoms with Crippen LogP contribution < -0.4 is 5.32 Å². The molecule has 0 spiro atoms. The molecule has 0 saturated heterocycles. The molecule has 1 unspecified atom stereocenters. The summed E-state index contributed by atoms with van der Waals surface area (Å²) in [6.45, 7) is 6.34. The molecule has 1 N–H and O–H groups in total. The van der Waals surface area contributed by atoms with E-state index in [1.165, 1.54) is 7.11 Å². The molecule has 1 aliphatic carbocycles. The molecule has 134 valence electrons. The van der Waals surface area contributed by atoms with Gasteiger partial charge in [0.15, 0.2) is 0 Å². The Bertz CT molecular complexity index is 659. The average Bonchev–Trinajstić information content (AvgIpc) is 2.81. The number of hydrogen-bond donors (Lipinski definition) is 1. The van der Waals surface area contributed by atoms with Gasteiger partial charge >= 0.3 is 18.1 Å². The molecule has 0 bridgehead atoms. The number of fused-ring (bicyclic) bond motifs is 1. The van der Waals surface area contributed by atoms with Crippen molar-refractivity contribution in [1.82, 2.24) is 0 Å². The van der Waals surface area contributed by atoms with E-state index in [2.05, 4.69) is 20.8 Å². The first kappa shape index (κ1) is 18.8. The summed E-state index contributed by atoms with van der Waals surface area (Å²) in [5, 5.41) is 1.75. The number of alkyl halides is 3. The van der Waals surface area contributed by atoms with Gasteiger partial charge in [0.1, 0.15) is 5.00 Å². The highest BCUT2D eigenvalue weighted by Gasteiger charge is 2.41.